The van der Waals surface area contributed by atoms with Crippen molar-refractivity contribution >= 4 is 28.9 Å². The molecule has 0 bridgehead atoms. The molecule has 0 unspecified atom stereocenters. The van der Waals surface area contributed by atoms with Crippen molar-refractivity contribution in [3.05, 3.63) is 76.0 Å². The normalized spacial score (nSPS) is 17.1. The quantitative estimate of drug-likeness (QED) is 0.333. The van der Waals surface area contributed by atoms with Crippen LogP contribution in [0.3, 0.4) is 0 Å². The lowest BCUT2D eigenvalue weighted by Crippen LogP contribution is -2.46. The molecule has 0 N–H and O–H groups in total. The Bertz CT molecular complexity index is 1390. The molecule has 2 aliphatic rings. The molecule has 2 aliphatic heterocycles. The van der Waals surface area contributed by atoms with E-state index in [1.807, 2.05) is 47.8 Å². The predicted octanol–water partition coefficient (Wildman–Crippen LogP) is 3.93. The monoisotopic (exact) mass is 592 g/mol. The lowest BCUT2D eigenvalue weighted by molar-refractivity contribution is -0.133. The van der Waals surface area contributed by atoms with Crippen LogP contribution in [-0.4, -0.2) is 99.6 Å². The van der Waals surface area contributed by atoms with Crippen LogP contribution in [0.2, 0.25) is 0 Å². The number of hydrazone groups is 1. The average molecular weight is 593 g/mol. The molecule has 2 amide bonds. The van der Waals surface area contributed by atoms with Gasteiger partial charge in [0.15, 0.2) is 0 Å². The van der Waals surface area contributed by atoms with Gasteiger partial charge in [-0.25, -0.2) is 5.01 Å². The van der Waals surface area contributed by atoms with Crippen LogP contribution < -0.4 is 14.2 Å². The van der Waals surface area contributed by atoms with E-state index in [1.165, 1.54) is 16.3 Å². The molecule has 1 aromatic heterocycles. The topological polar surface area (TPSA) is 93.1 Å². The molecule has 10 nitrogen and oxygen atoms in total. The first-order valence-electron chi connectivity index (χ1n) is 13.9. The van der Waals surface area contributed by atoms with Crippen molar-refractivity contribution in [2.75, 3.05) is 67.3 Å². The van der Waals surface area contributed by atoms with E-state index in [1.54, 1.807) is 38.4 Å². The third kappa shape index (κ3) is 6.75. The number of amides is 2. The van der Waals surface area contributed by atoms with E-state index >= 15 is 0 Å². The molecule has 0 saturated carbocycles. The standard InChI is InChI=1S/C31H36N4O6S/c1-38-23-8-6-22(7-9-23)27-20-26(25-11-10-24(39-2)19-28(25)40-3)32-35(27)30(36)21-34(31(37)29-5-4-18-42-29)13-12-33-14-16-41-17-15-33/h4-11,18-19,27H,12-17,20-21H2,1-3H3/t27-/m1/s1. The van der Waals surface area contributed by atoms with E-state index in [0.717, 1.165) is 30.0 Å². The van der Waals surface area contributed by atoms with Crippen LogP contribution in [0.1, 0.15) is 33.3 Å². The van der Waals surface area contributed by atoms with E-state index in [2.05, 4.69) is 4.90 Å². The van der Waals surface area contributed by atoms with Crippen molar-refractivity contribution in [3.63, 3.8) is 0 Å². The van der Waals surface area contributed by atoms with Crippen molar-refractivity contribution in [2.45, 2.75) is 12.5 Å². The minimum absolute atomic E-state index is 0.0930. The first-order valence-corrected chi connectivity index (χ1v) is 14.8. The number of carbonyl (C=O) groups excluding carboxylic acids is 2. The number of rotatable bonds is 11. The number of hydrogen-bond donors (Lipinski definition) is 0. The highest BCUT2D eigenvalue weighted by Crippen LogP contribution is 2.37. The lowest BCUT2D eigenvalue weighted by Gasteiger charge is -2.31. The minimum atomic E-state index is -0.358. The summed E-state index contributed by atoms with van der Waals surface area (Å²) in [6.45, 7) is 3.93. The Labute approximate surface area is 250 Å². The van der Waals surface area contributed by atoms with E-state index in [4.69, 9.17) is 24.0 Å². The summed E-state index contributed by atoms with van der Waals surface area (Å²) in [5.74, 6) is 1.58. The van der Waals surface area contributed by atoms with E-state index in [0.29, 0.717) is 54.8 Å². The Kier molecular flexibility index (Phi) is 9.73. The predicted molar refractivity (Wildman–Crippen MR) is 161 cm³/mol. The van der Waals surface area contributed by atoms with Crippen LogP contribution in [-0.2, 0) is 9.53 Å². The molecule has 1 atom stereocenters. The fourth-order valence-electron chi connectivity index (χ4n) is 5.16. The molecule has 42 heavy (non-hydrogen) atoms. The Morgan fingerprint density at radius 2 is 1.74 bits per heavy atom. The number of carbonyl (C=O) groups is 2. The first-order chi connectivity index (χ1) is 20.5. The Morgan fingerprint density at radius 3 is 2.40 bits per heavy atom. The zero-order chi connectivity index (χ0) is 29.5. The molecule has 5 rings (SSSR count). The number of morpholine rings is 1. The highest BCUT2D eigenvalue weighted by molar-refractivity contribution is 7.12. The van der Waals surface area contributed by atoms with Crippen LogP contribution in [0.25, 0.3) is 0 Å². The average Bonchev–Trinajstić information content (AvgIpc) is 3.74. The number of benzene rings is 2. The second kappa shape index (κ2) is 13.8. The first kappa shape index (κ1) is 29.6. The number of nitrogens with zero attached hydrogens (tertiary/aromatic N) is 4. The van der Waals surface area contributed by atoms with E-state index < -0.39 is 0 Å². The number of hydrogen-bond acceptors (Lipinski definition) is 9. The van der Waals surface area contributed by atoms with Gasteiger partial charge in [-0.3, -0.25) is 14.5 Å². The van der Waals surface area contributed by atoms with Gasteiger partial charge in [-0.05, 0) is 41.3 Å². The molecule has 1 fully saturated rings. The molecule has 0 aliphatic carbocycles. The molecular formula is C31H36N4O6S. The van der Waals surface area contributed by atoms with Crippen molar-refractivity contribution in [1.29, 1.82) is 0 Å². The van der Waals surface area contributed by atoms with Gasteiger partial charge in [-0.1, -0.05) is 18.2 Å². The molecular weight excluding hydrogens is 556 g/mol. The van der Waals surface area contributed by atoms with Crippen molar-refractivity contribution in [2.24, 2.45) is 5.10 Å². The summed E-state index contributed by atoms with van der Waals surface area (Å²) < 4.78 is 21.8. The summed E-state index contributed by atoms with van der Waals surface area (Å²) in [6, 6.07) is 16.5. The molecule has 3 heterocycles. The lowest BCUT2D eigenvalue weighted by atomic mass is 9.97. The summed E-state index contributed by atoms with van der Waals surface area (Å²) in [7, 11) is 4.82. The molecule has 1 saturated heterocycles. The smallest absolute Gasteiger partial charge is 0.264 e. The van der Waals surface area contributed by atoms with Crippen molar-refractivity contribution in [3.8, 4) is 17.2 Å². The van der Waals surface area contributed by atoms with Crippen molar-refractivity contribution < 1.29 is 28.5 Å². The molecule has 0 radical (unpaired) electrons. The van der Waals surface area contributed by atoms with Gasteiger partial charge in [-0.2, -0.15) is 5.10 Å². The maximum absolute atomic E-state index is 14.0. The summed E-state index contributed by atoms with van der Waals surface area (Å²) in [5.41, 5.74) is 2.42. The maximum atomic E-state index is 14.0. The number of methoxy groups -OCH3 is 3. The molecule has 0 spiro atoms. The molecule has 3 aromatic rings. The van der Waals surface area contributed by atoms with Gasteiger partial charge in [0.25, 0.3) is 11.8 Å². The highest BCUT2D eigenvalue weighted by atomic mass is 32.1. The van der Waals surface area contributed by atoms with Gasteiger partial charge in [-0.15, -0.1) is 11.3 Å². The largest absolute Gasteiger partial charge is 0.497 e. The van der Waals surface area contributed by atoms with E-state index in [9.17, 15) is 9.59 Å². The fraction of sp³-hybridized carbons (Fsp3) is 0.387. The Hall–Kier alpha value is -3.93. The zero-order valence-electron chi connectivity index (χ0n) is 24.2. The van der Waals surface area contributed by atoms with Crippen LogP contribution in [0, 0.1) is 0 Å². The van der Waals surface area contributed by atoms with Gasteiger partial charge < -0.3 is 23.8 Å². The van der Waals surface area contributed by atoms with Gasteiger partial charge >= 0.3 is 0 Å². The van der Waals surface area contributed by atoms with Gasteiger partial charge in [0.1, 0.15) is 23.8 Å². The highest BCUT2D eigenvalue weighted by Gasteiger charge is 2.35. The second-order valence-corrected chi connectivity index (χ2v) is 11.0. The molecule has 11 heteroatoms. The van der Waals surface area contributed by atoms with Crippen LogP contribution in [0.4, 0.5) is 0 Å². The number of ether oxygens (including phenoxy) is 4. The molecule has 2 aromatic carbocycles. The van der Waals surface area contributed by atoms with Gasteiger partial charge in [0.05, 0.1) is 51.2 Å². The minimum Gasteiger partial charge on any atom is -0.497 e. The summed E-state index contributed by atoms with van der Waals surface area (Å²) >= 11 is 1.37. The van der Waals surface area contributed by atoms with E-state index in [-0.39, 0.29) is 24.4 Å². The second-order valence-electron chi connectivity index (χ2n) is 10.0. The Balaban J connectivity index is 1.43. The zero-order valence-corrected chi connectivity index (χ0v) is 25.0. The fourth-order valence-corrected chi connectivity index (χ4v) is 5.85. The van der Waals surface area contributed by atoms with Gasteiger partial charge in [0, 0.05) is 44.2 Å². The summed E-state index contributed by atoms with van der Waals surface area (Å²) in [4.78, 5) is 32.1. The third-order valence-electron chi connectivity index (χ3n) is 7.52. The summed E-state index contributed by atoms with van der Waals surface area (Å²) in [6.07, 6.45) is 0.480. The van der Waals surface area contributed by atoms with Crippen LogP contribution >= 0.6 is 11.3 Å². The van der Waals surface area contributed by atoms with Crippen LogP contribution in [0.5, 0.6) is 17.2 Å². The summed E-state index contributed by atoms with van der Waals surface area (Å²) in [5, 5.41) is 8.22. The Morgan fingerprint density at radius 1 is 1.00 bits per heavy atom. The van der Waals surface area contributed by atoms with Crippen molar-refractivity contribution in [1.82, 2.24) is 14.8 Å². The van der Waals surface area contributed by atoms with Crippen LogP contribution in [0.15, 0.2) is 65.1 Å². The van der Waals surface area contributed by atoms with Gasteiger partial charge in [0.2, 0.25) is 0 Å². The maximum Gasteiger partial charge on any atom is 0.264 e. The molecule has 222 valence electrons. The third-order valence-corrected chi connectivity index (χ3v) is 8.38. The SMILES string of the molecule is COc1ccc([C@H]2CC(c3ccc(OC)cc3OC)=NN2C(=O)CN(CCN2CCOCC2)C(=O)c2cccs2)cc1. The number of thiophene rings is 1.